The molecular weight excluding hydrogens is 374 g/mol. The Kier molecular flexibility index (Phi) is 6.12. The quantitative estimate of drug-likeness (QED) is 0.589. The van der Waals surface area contributed by atoms with Crippen LogP contribution in [0.5, 0.6) is 0 Å². The fraction of sp³-hybridized carbons (Fsp3) is 0.375. The molecule has 0 spiro atoms. The zero-order valence-electron chi connectivity index (χ0n) is 17.7. The van der Waals surface area contributed by atoms with Gasteiger partial charge in [0.15, 0.2) is 0 Å². The second kappa shape index (κ2) is 9.11. The number of amides is 1. The number of nitrogens with zero attached hydrogens (tertiary/aromatic N) is 3. The van der Waals surface area contributed by atoms with Crippen LogP contribution in [0.1, 0.15) is 30.9 Å². The van der Waals surface area contributed by atoms with Crippen LogP contribution in [0.25, 0.3) is 10.9 Å². The van der Waals surface area contributed by atoms with Crippen LogP contribution in [0, 0.1) is 6.92 Å². The van der Waals surface area contributed by atoms with Gasteiger partial charge in [0, 0.05) is 30.7 Å². The van der Waals surface area contributed by atoms with Crippen molar-refractivity contribution in [2.24, 2.45) is 0 Å². The molecule has 0 radical (unpaired) electrons. The van der Waals surface area contributed by atoms with E-state index >= 15 is 0 Å². The fourth-order valence-corrected chi connectivity index (χ4v) is 4.03. The molecule has 6 heteroatoms. The average molecular weight is 404 g/mol. The van der Waals surface area contributed by atoms with Gasteiger partial charge in [-0.05, 0) is 56.9 Å². The maximum Gasteiger partial charge on any atom is 0.242 e. The number of benzene rings is 2. The van der Waals surface area contributed by atoms with Crippen LogP contribution < -0.4 is 15.5 Å². The van der Waals surface area contributed by atoms with Gasteiger partial charge in [0.05, 0.1) is 5.52 Å². The van der Waals surface area contributed by atoms with Crippen molar-refractivity contribution in [1.82, 2.24) is 15.3 Å². The number of carbonyl (C=O) groups excluding carboxylic acids is 1. The highest BCUT2D eigenvalue weighted by Gasteiger charge is 2.17. The standard InChI is InChI=1S/C24H29N5O/c1-17-10-11-21-20(15-17)23(27-16-26-21)28-18(2)24(30)25-12-6-14-29-13-5-8-19-7-3-4-9-22(19)29/h3-4,7,9-11,15-16,18H,5-6,8,12-14H2,1-2H3,(H,25,30)(H,26,27,28)/t18-/m0/s1. The summed E-state index contributed by atoms with van der Waals surface area (Å²) in [4.78, 5) is 23.6. The normalized spacial score (nSPS) is 14.3. The van der Waals surface area contributed by atoms with Gasteiger partial charge >= 0.3 is 0 Å². The summed E-state index contributed by atoms with van der Waals surface area (Å²) in [6.07, 6.45) is 4.80. The van der Waals surface area contributed by atoms with E-state index < -0.39 is 0 Å². The second-order valence-electron chi connectivity index (χ2n) is 7.97. The van der Waals surface area contributed by atoms with Gasteiger partial charge in [0.1, 0.15) is 18.2 Å². The zero-order valence-corrected chi connectivity index (χ0v) is 17.7. The lowest BCUT2D eigenvalue weighted by atomic mass is 10.0. The van der Waals surface area contributed by atoms with E-state index in [2.05, 4.69) is 49.8 Å². The van der Waals surface area contributed by atoms with Crippen LogP contribution in [0.3, 0.4) is 0 Å². The minimum absolute atomic E-state index is 0.0199. The molecule has 0 fully saturated rings. The Morgan fingerprint density at radius 3 is 2.97 bits per heavy atom. The Morgan fingerprint density at radius 1 is 1.20 bits per heavy atom. The van der Waals surface area contributed by atoms with Gasteiger partial charge < -0.3 is 15.5 Å². The monoisotopic (exact) mass is 403 g/mol. The van der Waals surface area contributed by atoms with Gasteiger partial charge in [-0.2, -0.15) is 0 Å². The highest BCUT2D eigenvalue weighted by molar-refractivity contribution is 5.92. The molecule has 1 amide bonds. The second-order valence-corrected chi connectivity index (χ2v) is 7.97. The van der Waals surface area contributed by atoms with E-state index in [-0.39, 0.29) is 11.9 Å². The number of aromatic nitrogens is 2. The Hall–Kier alpha value is -3.15. The van der Waals surface area contributed by atoms with Crippen LogP contribution in [0.4, 0.5) is 11.5 Å². The number of carbonyl (C=O) groups is 1. The number of para-hydroxylation sites is 1. The van der Waals surface area contributed by atoms with Crippen LogP contribution in [0.2, 0.25) is 0 Å². The zero-order chi connectivity index (χ0) is 20.9. The van der Waals surface area contributed by atoms with Gasteiger partial charge in [-0.1, -0.05) is 29.8 Å². The number of hydrogen-bond donors (Lipinski definition) is 2. The molecule has 0 bridgehead atoms. The first-order chi connectivity index (χ1) is 14.6. The molecule has 0 saturated carbocycles. The van der Waals surface area contributed by atoms with Crippen molar-refractivity contribution in [2.45, 2.75) is 39.2 Å². The van der Waals surface area contributed by atoms with Crippen molar-refractivity contribution in [1.29, 1.82) is 0 Å². The maximum atomic E-state index is 12.6. The van der Waals surface area contributed by atoms with Crippen molar-refractivity contribution in [3.8, 4) is 0 Å². The maximum absolute atomic E-state index is 12.6. The number of rotatable bonds is 7. The summed E-state index contributed by atoms with van der Waals surface area (Å²) in [5.41, 5.74) is 4.78. The Labute approximate surface area is 177 Å². The van der Waals surface area contributed by atoms with Crippen molar-refractivity contribution >= 4 is 28.3 Å². The van der Waals surface area contributed by atoms with E-state index in [1.807, 2.05) is 32.0 Å². The summed E-state index contributed by atoms with van der Waals surface area (Å²) >= 11 is 0. The third-order valence-electron chi connectivity index (χ3n) is 5.65. The molecule has 2 aromatic carbocycles. The molecule has 2 N–H and O–H groups in total. The van der Waals surface area contributed by atoms with E-state index in [9.17, 15) is 4.79 Å². The van der Waals surface area contributed by atoms with Crippen molar-refractivity contribution < 1.29 is 4.79 Å². The van der Waals surface area contributed by atoms with Gasteiger partial charge in [-0.3, -0.25) is 4.79 Å². The lowest BCUT2D eigenvalue weighted by Crippen LogP contribution is -2.39. The highest BCUT2D eigenvalue weighted by atomic mass is 16.2. The first-order valence-corrected chi connectivity index (χ1v) is 10.7. The number of hydrogen-bond acceptors (Lipinski definition) is 5. The van der Waals surface area contributed by atoms with Gasteiger partial charge in [0.25, 0.3) is 0 Å². The van der Waals surface area contributed by atoms with Crippen molar-refractivity contribution in [3.63, 3.8) is 0 Å². The molecular formula is C24H29N5O. The smallest absolute Gasteiger partial charge is 0.242 e. The first-order valence-electron chi connectivity index (χ1n) is 10.7. The molecule has 1 aromatic heterocycles. The van der Waals surface area contributed by atoms with E-state index in [0.717, 1.165) is 42.4 Å². The lowest BCUT2D eigenvalue weighted by Gasteiger charge is -2.31. The summed E-state index contributed by atoms with van der Waals surface area (Å²) in [6, 6.07) is 14.3. The SMILES string of the molecule is Cc1ccc2ncnc(N[C@@H](C)C(=O)NCCCN3CCCc4ccccc43)c2c1. The topological polar surface area (TPSA) is 70.1 Å². The predicted molar refractivity (Wildman–Crippen MR) is 122 cm³/mol. The molecule has 4 rings (SSSR count). The molecule has 0 aliphatic carbocycles. The predicted octanol–water partition coefficient (Wildman–Crippen LogP) is 3.70. The Balaban J connectivity index is 1.28. The number of anilines is 2. The molecule has 156 valence electrons. The Bertz CT molecular complexity index is 1040. The summed E-state index contributed by atoms with van der Waals surface area (Å²) in [7, 11) is 0. The molecule has 6 nitrogen and oxygen atoms in total. The fourth-order valence-electron chi connectivity index (χ4n) is 4.03. The van der Waals surface area contributed by atoms with E-state index in [4.69, 9.17) is 0 Å². The number of nitrogens with one attached hydrogen (secondary N) is 2. The van der Waals surface area contributed by atoms with Crippen LogP contribution in [0.15, 0.2) is 48.8 Å². The first kappa shape index (κ1) is 20.1. The molecule has 0 saturated heterocycles. The molecule has 2 heterocycles. The van der Waals surface area contributed by atoms with Gasteiger partial charge in [-0.15, -0.1) is 0 Å². The lowest BCUT2D eigenvalue weighted by molar-refractivity contribution is -0.121. The van der Waals surface area contributed by atoms with Crippen LogP contribution >= 0.6 is 0 Å². The molecule has 1 atom stereocenters. The molecule has 30 heavy (non-hydrogen) atoms. The molecule has 0 unspecified atom stereocenters. The average Bonchev–Trinajstić information content (AvgIpc) is 2.77. The minimum atomic E-state index is -0.376. The highest BCUT2D eigenvalue weighted by Crippen LogP contribution is 2.26. The summed E-state index contributed by atoms with van der Waals surface area (Å²) in [5.74, 6) is 0.671. The molecule has 1 aliphatic heterocycles. The largest absolute Gasteiger partial charge is 0.371 e. The summed E-state index contributed by atoms with van der Waals surface area (Å²) in [6.45, 7) is 6.60. The third kappa shape index (κ3) is 4.53. The van der Waals surface area contributed by atoms with E-state index in [0.29, 0.717) is 12.4 Å². The summed E-state index contributed by atoms with van der Waals surface area (Å²) < 4.78 is 0. The molecule has 1 aliphatic rings. The molecule has 3 aromatic rings. The van der Waals surface area contributed by atoms with Crippen LogP contribution in [-0.4, -0.2) is 41.6 Å². The number of fused-ring (bicyclic) bond motifs is 2. The third-order valence-corrected chi connectivity index (χ3v) is 5.65. The van der Waals surface area contributed by atoms with Gasteiger partial charge in [0.2, 0.25) is 5.91 Å². The summed E-state index contributed by atoms with van der Waals surface area (Å²) in [5, 5.41) is 7.23. The van der Waals surface area contributed by atoms with Gasteiger partial charge in [-0.25, -0.2) is 9.97 Å². The number of aryl methyl sites for hydroxylation is 2. The van der Waals surface area contributed by atoms with Crippen LogP contribution in [-0.2, 0) is 11.2 Å². The van der Waals surface area contributed by atoms with Crippen molar-refractivity contribution in [3.05, 3.63) is 59.9 Å². The minimum Gasteiger partial charge on any atom is -0.371 e. The van der Waals surface area contributed by atoms with E-state index in [1.54, 1.807) is 0 Å². The van der Waals surface area contributed by atoms with E-state index in [1.165, 1.54) is 24.0 Å². The Morgan fingerprint density at radius 2 is 2.07 bits per heavy atom. The van der Waals surface area contributed by atoms with Crippen molar-refractivity contribution in [2.75, 3.05) is 29.9 Å².